The van der Waals surface area contributed by atoms with E-state index in [0.29, 0.717) is 23.8 Å². The van der Waals surface area contributed by atoms with Crippen LogP contribution < -0.4 is 5.32 Å². The van der Waals surface area contributed by atoms with E-state index >= 15 is 0 Å². The number of anilines is 1. The second-order valence-electron chi connectivity index (χ2n) is 8.04. The van der Waals surface area contributed by atoms with Crippen LogP contribution in [0.5, 0.6) is 0 Å². The first-order chi connectivity index (χ1) is 12.6. The summed E-state index contributed by atoms with van der Waals surface area (Å²) in [6.07, 6.45) is 3.85. The van der Waals surface area contributed by atoms with Crippen LogP contribution in [0.2, 0.25) is 0 Å². The predicted octanol–water partition coefficient (Wildman–Crippen LogP) is 1.62. The molecule has 138 valence electrons. The standard InChI is InChI=1S/C19H26N6O/c1-3-24-5-4-15(24)19(26)25-8-12-7-13(9-25)16(12)23-18-17-14(20-10-21-18)6-11(2)22-17/h6,10,12-13,15-16,22H,3-5,7-9H2,1-2H3,(H,20,21,23). The molecule has 1 aliphatic carbocycles. The van der Waals surface area contributed by atoms with Gasteiger partial charge in [-0.2, -0.15) is 0 Å². The first kappa shape index (κ1) is 16.1. The molecular weight excluding hydrogens is 328 g/mol. The Morgan fingerprint density at radius 3 is 2.85 bits per heavy atom. The highest BCUT2D eigenvalue weighted by molar-refractivity contribution is 5.86. The van der Waals surface area contributed by atoms with Gasteiger partial charge in [0.05, 0.1) is 11.6 Å². The first-order valence-electron chi connectivity index (χ1n) is 9.73. The molecule has 3 saturated heterocycles. The number of carbonyl (C=O) groups excluding carboxylic acids is 1. The van der Waals surface area contributed by atoms with Gasteiger partial charge in [-0.25, -0.2) is 9.97 Å². The zero-order valence-electron chi connectivity index (χ0n) is 15.4. The fraction of sp³-hybridized carbons (Fsp3) is 0.632. The van der Waals surface area contributed by atoms with Crippen LogP contribution in [-0.2, 0) is 4.79 Å². The molecule has 3 unspecified atom stereocenters. The van der Waals surface area contributed by atoms with E-state index in [1.54, 1.807) is 6.33 Å². The largest absolute Gasteiger partial charge is 0.365 e. The summed E-state index contributed by atoms with van der Waals surface area (Å²) in [7, 11) is 0. The topological polar surface area (TPSA) is 77.2 Å². The van der Waals surface area contributed by atoms with Crippen LogP contribution in [0.15, 0.2) is 12.4 Å². The van der Waals surface area contributed by atoms with Crippen molar-refractivity contribution in [3.05, 3.63) is 18.1 Å². The van der Waals surface area contributed by atoms with E-state index in [9.17, 15) is 4.79 Å². The number of hydrogen-bond donors (Lipinski definition) is 2. The van der Waals surface area contributed by atoms with Crippen LogP contribution in [0.3, 0.4) is 0 Å². The maximum Gasteiger partial charge on any atom is 0.239 e. The molecule has 1 saturated carbocycles. The summed E-state index contributed by atoms with van der Waals surface area (Å²) in [6.45, 7) is 7.96. The van der Waals surface area contributed by atoms with Crippen LogP contribution in [0, 0.1) is 18.8 Å². The molecule has 2 aromatic rings. The summed E-state index contributed by atoms with van der Waals surface area (Å²) in [4.78, 5) is 29.3. The minimum Gasteiger partial charge on any atom is -0.365 e. The maximum absolute atomic E-state index is 12.8. The number of hydrogen-bond acceptors (Lipinski definition) is 5. The van der Waals surface area contributed by atoms with Gasteiger partial charge in [-0.05, 0) is 44.2 Å². The van der Waals surface area contributed by atoms with Crippen molar-refractivity contribution in [2.24, 2.45) is 11.8 Å². The van der Waals surface area contributed by atoms with E-state index in [1.807, 2.05) is 13.0 Å². The number of piperidine rings is 2. The highest BCUT2D eigenvalue weighted by atomic mass is 16.2. The Balaban J connectivity index is 1.27. The Hall–Kier alpha value is -2.15. The molecule has 2 bridgehead atoms. The third kappa shape index (κ3) is 2.40. The number of rotatable bonds is 4. The molecule has 1 amide bonds. The van der Waals surface area contributed by atoms with Gasteiger partial charge in [-0.15, -0.1) is 0 Å². The number of carbonyl (C=O) groups is 1. The van der Waals surface area contributed by atoms with Crippen LogP contribution in [0.1, 0.15) is 25.5 Å². The number of likely N-dealkylation sites (tertiary alicyclic amines) is 1. The van der Waals surface area contributed by atoms with E-state index < -0.39 is 0 Å². The van der Waals surface area contributed by atoms with Crippen molar-refractivity contribution >= 4 is 22.8 Å². The Morgan fingerprint density at radius 1 is 1.35 bits per heavy atom. The molecule has 7 nitrogen and oxygen atoms in total. The predicted molar refractivity (Wildman–Crippen MR) is 99.9 cm³/mol. The first-order valence-corrected chi connectivity index (χ1v) is 9.73. The van der Waals surface area contributed by atoms with E-state index in [2.05, 4.69) is 37.0 Å². The molecule has 4 fully saturated rings. The molecule has 2 aromatic heterocycles. The minimum atomic E-state index is 0.132. The van der Waals surface area contributed by atoms with Gasteiger partial charge in [0.2, 0.25) is 5.91 Å². The van der Waals surface area contributed by atoms with Gasteiger partial charge >= 0.3 is 0 Å². The molecule has 0 radical (unpaired) electrons. The van der Waals surface area contributed by atoms with Gasteiger partial charge in [-0.3, -0.25) is 9.69 Å². The van der Waals surface area contributed by atoms with E-state index in [4.69, 9.17) is 0 Å². The number of nitrogens with one attached hydrogen (secondary N) is 2. The summed E-state index contributed by atoms with van der Waals surface area (Å²) < 4.78 is 0. The lowest BCUT2D eigenvalue weighted by Crippen LogP contribution is -2.66. The van der Waals surface area contributed by atoms with Gasteiger partial charge in [0.25, 0.3) is 0 Å². The Labute approximate surface area is 153 Å². The monoisotopic (exact) mass is 354 g/mol. The van der Waals surface area contributed by atoms with Gasteiger partial charge in [0.15, 0.2) is 5.82 Å². The summed E-state index contributed by atoms with van der Waals surface area (Å²) in [5.74, 6) is 2.28. The SMILES string of the molecule is CCN1CCC1C(=O)N1CC2CC(C1)C2Nc1ncnc2cc(C)[nH]c12. The van der Waals surface area contributed by atoms with Crippen molar-refractivity contribution in [3.8, 4) is 0 Å². The molecule has 4 aliphatic rings. The third-order valence-corrected chi connectivity index (χ3v) is 6.52. The number of likely N-dealkylation sites (N-methyl/N-ethyl adjacent to an activating group) is 1. The Kier molecular flexibility index (Phi) is 3.67. The van der Waals surface area contributed by atoms with E-state index in [1.165, 1.54) is 6.42 Å². The van der Waals surface area contributed by atoms with Gasteiger partial charge in [-0.1, -0.05) is 6.92 Å². The summed E-state index contributed by atoms with van der Waals surface area (Å²) in [5.41, 5.74) is 3.02. The fourth-order valence-corrected chi connectivity index (χ4v) is 4.95. The molecule has 3 aliphatic heterocycles. The van der Waals surface area contributed by atoms with Crippen molar-refractivity contribution in [2.45, 2.75) is 38.8 Å². The average Bonchev–Trinajstić information content (AvgIpc) is 3.00. The van der Waals surface area contributed by atoms with Crippen LogP contribution >= 0.6 is 0 Å². The highest BCUT2D eigenvalue weighted by Gasteiger charge is 2.49. The lowest BCUT2D eigenvalue weighted by atomic mass is 9.66. The number of aryl methyl sites for hydroxylation is 1. The number of H-pyrrole nitrogens is 1. The van der Waals surface area contributed by atoms with Crippen molar-refractivity contribution in [1.82, 2.24) is 24.8 Å². The molecule has 26 heavy (non-hydrogen) atoms. The zero-order valence-corrected chi connectivity index (χ0v) is 15.4. The van der Waals surface area contributed by atoms with Crippen LogP contribution in [-0.4, -0.2) is 68.9 Å². The lowest BCUT2D eigenvalue weighted by molar-refractivity contribution is -0.148. The smallest absolute Gasteiger partial charge is 0.239 e. The minimum absolute atomic E-state index is 0.132. The number of aromatic amines is 1. The molecular formula is C19H26N6O. The lowest BCUT2D eigenvalue weighted by Gasteiger charge is -2.55. The molecule has 0 spiro atoms. The third-order valence-electron chi connectivity index (χ3n) is 6.52. The summed E-state index contributed by atoms with van der Waals surface area (Å²) >= 11 is 0. The molecule has 3 atom stereocenters. The van der Waals surface area contributed by atoms with Crippen molar-refractivity contribution in [2.75, 3.05) is 31.5 Å². The summed E-state index contributed by atoms with van der Waals surface area (Å²) in [5, 5.41) is 3.64. The second kappa shape index (κ2) is 5.94. The van der Waals surface area contributed by atoms with Crippen LogP contribution in [0.25, 0.3) is 11.0 Å². The van der Waals surface area contributed by atoms with Gasteiger partial charge < -0.3 is 15.2 Å². The number of fused-ring (bicyclic) bond motifs is 3. The molecule has 2 N–H and O–H groups in total. The highest BCUT2D eigenvalue weighted by Crippen LogP contribution is 2.42. The molecule has 6 rings (SSSR count). The average molecular weight is 354 g/mol. The van der Waals surface area contributed by atoms with Crippen molar-refractivity contribution in [3.63, 3.8) is 0 Å². The normalized spacial score (nSPS) is 30.8. The number of nitrogens with zero attached hydrogens (tertiary/aromatic N) is 4. The van der Waals surface area contributed by atoms with E-state index in [0.717, 1.165) is 55.1 Å². The van der Waals surface area contributed by atoms with Crippen LogP contribution in [0.4, 0.5) is 5.82 Å². The Morgan fingerprint density at radius 2 is 2.15 bits per heavy atom. The molecule has 0 aromatic carbocycles. The van der Waals surface area contributed by atoms with Gasteiger partial charge in [0.1, 0.15) is 11.8 Å². The molecule has 5 heterocycles. The second-order valence-corrected chi connectivity index (χ2v) is 8.04. The zero-order chi connectivity index (χ0) is 17.8. The number of amides is 1. The van der Waals surface area contributed by atoms with Gasteiger partial charge in [0, 0.05) is 31.4 Å². The maximum atomic E-state index is 12.8. The summed E-state index contributed by atoms with van der Waals surface area (Å²) in [6, 6.07) is 2.58. The Bertz CT molecular complexity index is 834. The van der Waals surface area contributed by atoms with Crippen molar-refractivity contribution in [1.29, 1.82) is 0 Å². The quantitative estimate of drug-likeness (QED) is 0.872. The van der Waals surface area contributed by atoms with E-state index in [-0.39, 0.29) is 6.04 Å². The molecule has 7 heteroatoms. The fourth-order valence-electron chi connectivity index (χ4n) is 4.95. The van der Waals surface area contributed by atoms with Crippen molar-refractivity contribution < 1.29 is 4.79 Å². The number of aromatic nitrogens is 3.